The quantitative estimate of drug-likeness (QED) is 0.924. The van der Waals surface area contributed by atoms with E-state index in [4.69, 9.17) is 5.73 Å². The van der Waals surface area contributed by atoms with E-state index in [9.17, 15) is 0 Å². The average Bonchev–Trinajstić information content (AvgIpc) is 2.52. The Kier molecular flexibility index (Phi) is 6.69. The van der Waals surface area contributed by atoms with Crippen molar-refractivity contribution in [3.8, 4) is 0 Å². The molecule has 1 heterocycles. The molecule has 0 unspecified atom stereocenters. The molecular formula is C18H30ClN3. The minimum atomic E-state index is 0. The third kappa shape index (κ3) is 4.02. The summed E-state index contributed by atoms with van der Waals surface area (Å²) in [6.45, 7) is 6.53. The Morgan fingerprint density at radius 3 is 2.41 bits per heavy atom. The number of hydrogen-bond acceptors (Lipinski definition) is 3. The van der Waals surface area contributed by atoms with Gasteiger partial charge in [0.15, 0.2) is 0 Å². The lowest BCUT2D eigenvalue weighted by molar-refractivity contribution is -0.0313. The van der Waals surface area contributed by atoms with Crippen molar-refractivity contribution in [1.82, 2.24) is 9.80 Å². The van der Waals surface area contributed by atoms with Crippen molar-refractivity contribution >= 4 is 12.4 Å². The average molecular weight is 324 g/mol. The molecule has 2 N–H and O–H groups in total. The van der Waals surface area contributed by atoms with Gasteiger partial charge in [0, 0.05) is 44.8 Å². The molecule has 2 aliphatic rings. The minimum Gasteiger partial charge on any atom is -0.329 e. The lowest BCUT2D eigenvalue weighted by atomic mass is 9.78. The zero-order valence-electron chi connectivity index (χ0n) is 13.5. The summed E-state index contributed by atoms with van der Waals surface area (Å²) in [4.78, 5) is 5.36. The number of rotatable bonds is 4. The minimum absolute atomic E-state index is 0. The maximum Gasteiger partial charge on any atom is 0.0340 e. The van der Waals surface area contributed by atoms with Crippen LogP contribution < -0.4 is 5.73 Å². The summed E-state index contributed by atoms with van der Waals surface area (Å²) in [5.41, 5.74) is 7.64. The summed E-state index contributed by atoms with van der Waals surface area (Å²) in [5.74, 6) is 0. The molecule has 1 aromatic rings. The van der Waals surface area contributed by atoms with E-state index in [0.717, 1.165) is 19.6 Å². The largest absolute Gasteiger partial charge is 0.329 e. The molecular weight excluding hydrogens is 294 g/mol. The summed E-state index contributed by atoms with van der Waals surface area (Å²) in [6, 6.07) is 11.0. The van der Waals surface area contributed by atoms with Gasteiger partial charge in [0.05, 0.1) is 0 Å². The van der Waals surface area contributed by atoms with Crippen LogP contribution >= 0.6 is 12.4 Å². The molecule has 124 valence electrons. The van der Waals surface area contributed by atoms with Crippen LogP contribution in [-0.4, -0.2) is 48.1 Å². The molecule has 0 aromatic heterocycles. The normalized spacial score (nSPS) is 22.4. The number of halogens is 1. The van der Waals surface area contributed by atoms with Crippen LogP contribution in [-0.2, 0) is 6.54 Å². The van der Waals surface area contributed by atoms with Crippen molar-refractivity contribution in [3.63, 3.8) is 0 Å². The highest BCUT2D eigenvalue weighted by molar-refractivity contribution is 5.85. The highest BCUT2D eigenvalue weighted by Gasteiger charge is 2.41. The molecule has 0 amide bonds. The van der Waals surface area contributed by atoms with E-state index in [2.05, 4.69) is 40.1 Å². The molecule has 1 aliphatic heterocycles. The fourth-order valence-electron chi connectivity index (χ4n) is 4.20. The lowest BCUT2D eigenvalue weighted by Gasteiger charge is -2.53. The molecule has 1 aromatic carbocycles. The molecule has 0 radical (unpaired) electrons. The molecule has 2 fully saturated rings. The summed E-state index contributed by atoms with van der Waals surface area (Å²) in [7, 11) is 0. The highest BCUT2D eigenvalue weighted by atomic mass is 35.5. The Balaban J connectivity index is 0.00000176. The Morgan fingerprint density at radius 1 is 1.00 bits per heavy atom. The van der Waals surface area contributed by atoms with Crippen LogP contribution in [0.2, 0.25) is 0 Å². The number of hydrogen-bond donors (Lipinski definition) is 1. The van der Waals surface area contributed by atoms with E-state index in [1.54, 1.807) is 0 Å². The highest BCUT2D eigenvalue weighted by Crippen LogP contribution is 2.37. The van der Waals surface area contributed by atoms with Gasteiger partial charge in [-0.05, 0) is 18.4 Å². The van der Waals surface area contributed by atoms with Crippen LogP contribution in [0.5, 0.6) is 0 Å². The fourth-order valence-corrected chi connectivity index (χ4v) is 4.20. The first-order valence-corrected chi connectivity index (χ1v) is 8.54. The summed E-state index contributed by atoms with van der Waals surface area (Å²) in [6.07, 6.45) is 6.92. The third-order valence-electron chi connectivity index (χ3n) is 5.32. The Hall–Kier alpha value is -0.610. The number of nitrogens with zero attached hydrogens (tertiary/aromatic N) is 2. The van der Waals surface area contributed by atoms with Gasteiger partial charge in [0.25, 0.3) is 0 Å². The monoisotopic (exact) mass is 323 g/mol. The maximum absolute atomic E-state index is 5.78. The summed E-state index contributed by atoms with van der Waals surface area (Å²) >= 11 is 0. The van der Waals surface area contributed by atoms with E-state index in [1.807, 2.05) is 0 Å². The second-order valence-electron chi connectivity index (χ2n) is 6.76. The molecule has 1 aliphatic carbocycles. The molecule has 0 atom stereocenters. The summed E-state index contributed by atoms with van der Waals surface area (Å²) in [5, 5.41) is 0. The first-order valence-electron chi connectivity index (χ1n) is 8.54. The van der Waals surface area contributed by atoms with E-state index in [1.165, 1.54) is 57.3 Å². The van der Waals surface area contributed by atoms with E-state index >= 15 is 0 Å². The van der Waals surface area contributed by atoms with Gasteiger partial charge in [0.2, 0.25) is 0 Å². The van der Waals surface area contributed by atoms with Crippen LogP contribution in [0, 0.1) is 0 Å². The first-order chi connectivity index (χ1) is 10.3. The molecule has 3 nitrogen and oxygen atoms in total. The fraction of sp³-hybridized carbons (Fsp3) is 0.667. The lowest BCUT2D eigenvalue weighted by Crippen LogP contribution is -2.62. The van der Waals surface area contributed by atoms with Gasteiger partial charge in [-0.15, -0.1) is 12.4 Å². The van der Waals surface area contributed by atoms with Gasteiger partial charge < -0.3 is 5.73 Å². The molecule has 0 bridgehead atoms. The van der Waals surface area contributed by atoms with E-state index < -0.39 is 0 Å². The molecule has 4 heteroatoms. The topological polar surface area (TPSA) is 32.5 Å². The second-order valence-corrected chi connectivity index (χ2v) is 6.76. The van der Waals surface area contributed by atoms with Crippen LogP contribution in [0.4, 0.5) is 0 Å². The van der Waals surface area contributed by atoms with Crippen LogP contribution in [0.3, 0.4) is 0 Å². The summed E-state index contributed by atoms with van der Waals surface area (Å²) < 4.78 is 0. The van der Waals surface area contributed by atoms with Crippen molar-refractivity contribution in [3.05, 3.63) is 35.9 Å². The predicted molar refractivity (Wildman–Crippen MR) is 95.4 cm³/mol. The zero-order chi connectivity index (χ0) is 14.5. The van der Waals surface area contributed by atoms with Crippen LogP contribution in [0.15, 0.2) is 30.3 Å². The van der Waals surface area contributed by atoms with Gasteiger partial charge in [-0.2, -0.15) is 0 Å². The Morgan fingerprint density at radius 2 is 1.73 bits per heavy atom. The van der Waals surface area contributed by atoms with Crippen LogP contribution in [0.25, 0.3) is 0 Å². The number of nitrogens with two attached hydrogens (primary N) is 1. The van der Waals surface area contributed by atoms with Gasteiger partial charge in [-0.3, -0.25) is 9.80 Å². The van der Waals surface area contributed by atoms with E-state index in [-0.39, 0.29) is 12.4 Å². The van der Waals surface area contributed by atoms with Gasteiger partial charge >= 0.3 is 0 Å². The predicted octanol–water partition coefficient (Wildman–Crippen LogP) is 2.89. The van der Waals surface area contributed by atoms with Gasteiger partial charge in [0.1, 0.15) is 0 Å². The van der Waals surface area contributed by atoms with Gasteiger partial charge in [-0.25, -0.2) is 0 Å². The van der Waals surface area contributed by atoms with Crippen molar-refractivity contribution in [1.29, 1.82) is 0 Å². The number of piperazine rings is 1. The van der Waals surface area contributed by atoms with E-state index in [0.29, 0.717) is 5.54 Å². The van der Waals surface area contributed by atoms with Crippen molar-refractivity contribution < 1.29 is 0 Å². The van der Waals surface area contributed by atoms with Gasteiger partial charge in [-0.1, -0.05) is 49.6 Å². The maximum atomic E-state index is 5.78. The SMILES string of the molecule is Cl.NCCN1CCN(Cc2ccccc2)C2(CCCCC2)C1. The smallest absolute Gasteiger partial charge is 0.0340 e. The van der Waals surface area contributed by atoms with Crippen molar-refractivity contribution in [2.45, 2.75) is 44.2 Å². The molecule has 1 saturated carbocycles. The van der Waals surface area contributed by atoms with Crippen molar-refractivity contribution in [2.24, 2.45) is 5.73 Å². The standard InChI is InChI=1S/C18H29N3.ClH/c19-11-12-20-13-14-21(15-17-7-3-1-4-8-17)18(16-20)9-5-2-6-10-18;/h1,3-4,7-8H,2,5-6,9-16,19H2;1H. The molecule has 3 rings (SSSR count). The number of benzene rings is 1. The second kappa shape index (κ2) is 8.30. The Bertz CT molecular complexity index is 431. The van der Waals surface area contributed by atoms with Crippen LogP contribution in [0.1, 0.15) is 37.7 Å². The molecule has 1 spiro atoms. The first kappa shape index (κ1) is 17.7. The van der Waals surface area contributed by atoms with Crippen molar-refractivity contribution in [2.75, 3.05) is 32.7 Å². The Labute approximate surface area is 141 Å². The molecule has 22 heavy (non-hydrogen) atoms. The third-order valence-corrected chi connectivity index (χ3v) is 5.32. The molecule has 1 saturated heterocycles. The zero-order valence-corrected chi connectivity index (χ0v) is 14.4.